The van der Waals surface area contributed by atoms with Gasteiger partial charge in [-0.3, -0.25) is 4.79 Å². The van der Waals surface area contributed by atoms with E-state index in [1.165, 1.54) is 18.3 Å². The minimum Gasteiger partial charge on any atom is -0.292 e. The molecular weight excluding hydrogens is 142 g/mol. The highest BCUT2D eigenvalue weighted by atomic mass is 16.1. The molecule has 11 heavy (non-hydrogen) atoms. The molecule has 0 atom stereocenters. The minimum atomic E-state index is -0.0881. The van der Waals surface area contributed by atoms with E-state index in [9.17, 15) is 4.79 Å². The summed E-state index contributed by atoms with van der Waals surface area (Å²) in [4.78, 5) is 11.0. The van der Waals surface area contributed by atoms with Gasteiger partial charge >= 0.3 is 0 Å². The predicted octanol–water partition coefficient (Wildman–Crippen LogP) is 0.630. The summed E-state index contributed by atoms with van der Waals surface area (Å²) in [6, 6.07) is 1.53. The summed E-state index contributed by atoms with van der Waals surface area (Å²) in [5.74, 6) is -0.0881. The van der Waals surface area contributed by atoms with Crippen molar-refractivity contribution in [3.05, 3.63) is 30.6 Å². The van der Waals surface area contributed by atoms with Crippen molar-refractivity contribution < 1.29 is 4.79 Å². The Balaban J connectivity index is 2.77. The number of allylic oxidation sites excluding steroid dienone is 1. The van der Waals surface area contributed by atoms with Gasteiger partial charge in [0, 0.05) is 6.42 Å². The van der Waals surface area contributed by atoms with Crippen molar-refractivity contribution in [2.75, 3.05) is 0 Å². The number of carbonyl (C=O) groups is 1. The van der Waals surface area contributed by atoms with Crippen molar-refractivity contribution in [1.29, 1.82) is 0 Å². The molecule has 4 nitrogen and oxygen atoms in total. The molecule has 0 aliphatic rings. The van der Waals surface area contributed by atoms with Crippen LogP contribution in [0, 0.1) is 0 Å². The van der Waals surface area contributed by atoms with Crippen LogP contribution in [0.15, 0.2) is 24.9 Å². The number of aromatic nitrogens is 3. The topological polar surface area (TPSA) is 55.7 Å². The molecule has 0 saturated carbocycles. The van der Waals surface area contributed by atoms with Crippen molar-refractivity contribution in [2.45, 2.75) is 6.42 Å². The molecule has 1 aromatic heterocycles. The van der Waals surface area contributed by atoms with Gasteiger partial charge in [0.05, 0.1) is 6.20 Å². The average Bonchev–Trinajstić information content (AvgIpc) is 2.07. The Bertz CT molecular complexity index is 258. The molecule has 56 valence electrons. The largest absolute Gasteiger partial charge is 0.292 e. The molecule has 0 spiro atoms. The number of hydrogen-bond acceptors (Lipinski definition) is 4. The van der Waals surface area contributed by atoms with Crippen LogP contribution in [0.2, 0.25) is 0 Å². The second-order valence-corrected chi connectivity index (χ2v) is 1.92. The molecule has 0 bridgehead atoms. The Morgan fingerprint density at radius 2 is 2.55 bits per heavy atom. The van der Waals surface area contributed by atoms with Crippen molar-refractivity contribution in [1.82, 2.24) is 15.4 Å². The molecule has 0 fully saturated rings. The van der Waals surface area contributed by atoms with E-state index in [0.29, 0.717) is 12.1 Å². The number of Topliss-reactive ketones (excluding diaryl/α,β-unsaturated/α-hetero) is 1. The second-order valence-electron chi connectivity index (χ2n) is 1.92. The smallest absolute Gasteiger partial charge is 0.186 e. The minimum absolute atomic E-state index is 0.0881. The SMILES string of the molecule is C=CCC(=O)c1ccnnn1. The molecule has 4 heteroatoms. The molecule has 0 aromatic carbocycles. The Morgan fingerprint density at radius 1 is 1.73 bits per heavy atom. The molecule has 1 rings (SSSR count). The number of carbonyl (C=O) groups excluding carboxylic acids is 1. The molecule has 1 heterocycles. The maximum Gasteiger partial charge on any atom is 0.186 e. The number of hydrogen-bond donors (Lipinski definition) is 0. The Kier molecular flexibility index (Phi) is 2.43. The zero-order valence-electron chi connectivity index (χ0n) is 5.90. The van der Waals surface area contributed by atoms with Gasteiger partial charge in [0.25, 0.3) is 0 Å². The molecule has 0 radical (unpaired) electrons. The lowest BCUT2D eigenvalue weighted by molar-refractivity contribution is 0.0990. The van der Waals surface area contributed by atoms with Crippen LogP contribution in [-0.4, -0.2) is 21.2 Å². The lowest BCUT2D eigenvalue weighted by Gasteiger charge is -1.91. The highest BCUT2D eigenvalue weighted by Gasteiger charge is 2.03. The number of ketones is 1. The van der Waals surface area contributed by atoms with Crippen LogP contribution >= 0.6 is 0 Å². The number of nitrogens with zero attached hydrogens (tertiary/aromatic N) is 3. The zero-order chi connectivity index (χ0) is 8.10. The predicted molar refractivity (Wildman–Crippen MR) is 39.0 cm³/mol. The van der Waals surface area contributed by atoms with E-state index in [-0.39, 0.29) is 5.78 Å². The van der Waals surface area contributed by atoms with E-state index >= 15 is 0 Å². The first-order chi connectivity index (χ1) is 5.34. The van der Waals surface area contributed by atoms with E-state index in [1.807, 2.05) is 0 Å². The average molecular weight is 149 g/mol. The highest BCUT2D eigenvalue weighted by molar-refractivity contribution is 5.94. The third kappa shape index (κ3) is 1.93. The van der Waals surface area contributed by atoms with Gasteiger partial charge in [-0.05, 0) is 11.3 Å². The molecule has 0 aliphatic carbocycles. The van der Waals surface area contributed by atoms with Gasteiger partial charge < -0.3 is 0 Å². The third-order valence-electron chi connectivity index (χ3n) is 1.12. The molecule has 0 saturated heterocycles. The summed E-state index contributed by atoms with van der Waals surface area (Å²) < 4.78 is 0. The maximum atomic E-state index is 11.0. The van der Waals surface area contributed by atoms with Gasteiger partial charge in [0.15, 0.2) is 5.78 Å². The summed E-state index contributed by atoms with van der Waals surface area (Å²) in [7, 11) is 0. The van der Waals surface area contributed by atoms with Gasteiger partial charge in [0.2, 0.25) is 0 Å². The van der Waals surface area contributed by atoms with E-state index in [0.717, 1.165) is 0 Å². The lowest BCUT2D eigenvalue weighted by atomic mass is 10.2. The van der Waals surface area contributed by atoms with Gasteiger partial charge in [0.1, 0.15) is 5.69 Å². The fraction of sp³-hybridized carbons (Fsp3) is 0.143. The molecule has 0 amide bonds. The van der Waals surface area contributed by atoms with Crippen molar-refractivity contribution in [2.24, 2.45) is 0 Å². The van der Waals surface area contributed by atoms with Crippen LogP contribution in [0.25, 0.3) is 0 Å². The first-order valence-corrected chi connectivity index (χ1v) is 3.13. The highest BCUT2D eigenvalue weighted by Crippen LogP contribution is 1.95. The summed E-state index contributed by atoms with van der Waals surface area (Å²) >= 11 is 0. The normalized spacial score (nSPS) is 9.09. The van der Waals surface area contributed by atoms with Crippen LogP contribution in [0.5, 0.6) is 0 Å². The van der Waals surface area contributed by atoms with Crippen LogP contribution in [0.3, 0.4) is 0 Å². The fourth-order valence-corrected chi connectivity index (χ4v) is 0.625. The van der Waals surface area contributed by atoms with Gasteiger partial charge in [-0.2, -0.15) is 0 Å². The molecular formula is C7H7N3O. The van der Waals surface area contributed by atoms with Gasteiger partial charge in [-0.25, -0.2) is 0 Å². The standard InChI is InChI=1S/C7H7N3O/c1-2-3-7(11)6-4-5-8-10-9-6/h2,4-5H,1,3H2. The Morgan fingerprint density at radius 3 is 3.09 bits per heavy atom. The van der Waals surface area contributed by atoms with Crippen LogP contribution in [0.4, 0.5) is 0 Å². The Labute approximate surface area is 64.0 Å². The quantitative estimate of drug-likeness (QED) is 0.467. The van der Waals surface area contributed by atoms with Crippen molar-refractivity contribution >= 4 is 5.78 Å². The molecule has 0 unspecified atom stereocenters. The summed E-state index contributed by atoms with van der Waals surface area (Å²) in [6.07, 6.45) is 3.26. The fourth-order valence-electron chi connectivity index (χ4n) is 0.625. The van der Waals surface area contributed by atoms with E-state index < -0.39 is 0 Å². The molecule has 1 aromatic rings. The van der Waals surface area contributed by atoms with Crippen molar-refractivity contribution in [3.8, 4) is 0 Å². The van der Waals surface area contributed by atoms with Gasteiger partial charge in [-0.15, -0.1) is 16.8 Å². The zero-order valence-corrected chi connectivity index (χ0v) is 5.90. The van der Waals surface area contributed by atoms with E-state index in [1.54, 1.807) is 0 Å². The summed E-state index contributed by atoms with van der Waals surface area (Å²) in [5, 5.41) is 10.3. The first kappa shape index (κ1) is 7.53. The van der Waals surface area contributed by atoms with Crippen LogP contribution in [-0.2, 0) is 0 Å². The summed E-state index contributed by atoms with van der Waals surface area (Å²) in [6.45, 7) is 3.44. The monoisotopic (exact) mass is 149 g/mol. The van der Waals surface area contributed by atoms with E-state index in [2.05, 4.69) is 22.0 Å². The second kappa shape index (κ2) is 3.55. The van der Waals surface area contributed by atoms with Gasteiger partial charge in [-0.1, -0.05) is 6.08 Å². The Hall–Kier alpha value is -1.58. The number of rotatable bonds is 3. The third-order valence-corrected chi connectivity index (χ3v) is 1.12. The lowest BCUT2D eigenvalue weighted by Crippen LogP contribution is -2.02. The first-order valence-electron chi connectivity index (χ1n) is 3.13. The van der Waals surface area contributed by atoms with E-state index in [4.69, 9.17) is 0 Å². The molecule has 0 aliphatic heterocycles. The summed E-state index contributed by atoms with van der Waals surface area (Å²) in [5.41, 5.74) is 0.333. The maximum absolute atomic E-state index is 11.0. The van der Waals surface area contributed by atoms with Crippen molar-refractivity contribution in [3.63, 3.8) is 0 Å². The van der Waals surface area contributed by atoms with Crippen LogP contribution < -0.4 is 0 Å². The van der Waals surface area contributed by atoms with Crippen LogP contribution in [0.1, 0.15) is 16.9 Å². The molecule has 0 N–H and O–H groups in total.